The molecule has 0 bridgehead atoms. The minimum Gasteiger partial charge on any atom is -0.477 e. The molecule has 0 spiro atoms. The monoisotopic (exact) mass is 431 g/mol. The Bertz CT molecular complexity index is 1090. The van der Waals surface area contributed by atoms with E-state index in [9.17, 15) is 30.7 Å². The highest BCUT2D eigenvalue weighted by molar-refractivity contribution is 5.74. The molecule has 0 unspecified atom stereocenters. The lowest BCUT2D eigenvalue weighted by molar-refractivity contribution is -0.289. The first-order valence-electron chi connectivity index (χ1n) is 8.33. The number of aromatic nitrogens is 1. The van der Waals surface area contributed by atoms with Gasteiger partial charge in [-0.05, 0) is 36.4 Å². The summed E-state index contributed by atoms with van der Waals surface area (Å²) in [5, 5.41) is 8.85. The third kappa shape index (κ3) is 3.53. The van der Waals surface area contributed by atoms with E-state index in [-0.39, 0.29) is 22.5 Å². The molecule has 0 saturated carbocycles. The first kappa shape index (κ1) is 21.4. The topological polar surface area (TPSA) is 50.3 Å². The van der Waals surface area contributed by atoms with Gasteiger partial charge in [-0.2, -0.15) is 32.2 Å². The standard InChI is InChI=1S/C19H12F7N3O/c20-9-17(10-21)8-14(29-6-2-1-3-16(29)28-11-27)13-7-12(4-5-15(13)30-17)18(22,23)19(24,25)26/h1-8H,9-10H2/b28-16-. The highest BCUT2D eigenvalue weighted by Gasteiger charge is 2.59. The summed E-state index contributed by atoms with van der Waals surface area (Å²) in [6.45, 7) is -2.68. The lowest BCUT2D eigenvalue weighted by Crippen LogP contribution is -2.42. The summed E-state index contributed by atoms with van der Waals surface area (Å²) in [7, 11) is 0. The molecule has 2 aromatic rings. The third-order valence-electron chi connectivity index (χ3n) is 4.40. The number of nitriles is 1. The second kappa shape index (κ2) is 7.51. The fourth-order valence-corrected chi connectivity index (χ4v) is 2.90. The van der Waals surface area contributed by atoms with Crippen LogP contribution in [0, 0.1) is 11.5 Å². The molecule has 1 aliphatic rings. The van der Waals surface area contributed by atoms with Crippen LogP contribution in [0.4, 0.5) is 30.7 Å². The van der Waals surface area contributed by atoms with Crippen molar-refractivity contribution in [3.63, 3.8) is 0 Å². The number of fused-ring (bicyclic) bond motifs is 1. The molecular weight excluding hydrogens is 419 g/mol. The van der Waals surface area contributed by atoms with Gasteiger partial charge in [0, 0.05) is 17.3 Å². The number of rotatable bonds is 4. The molecule has 0 atom stereocenters. The van der Waals surface area contributed by atoms with E-state index in [1.54, 1.807) is 0 Å². The molecule has 4 nitrogen and oxygen atoms in total. The van der Waals surface area contributed by atoms with Gasteiger partial charge in [0.05, 0.1) is 5.70 Å². The van der Waals surface area contributed by atoms with Gasteiger partial charge in [0.2, 0.25) is 6.19 Å². The van der Waals surface area contributed by atoms with E-state index in [0.29, 0.717) is 12.1 Å². The summed E-state index contributed by atoms with van der Waals surface area (Å²) < 4.78 is 99.9. The predicted octanol–water partition coefficient (Wildman–Crippen LogP) is 4.48. The zero-order valence-corrected chi connectivity index (χ0v) is 14.9. The normalized spacial score (nSPS) is 16.3. The number of benzene rings is 1. The molecule has 1 aliphatic heterocycles. The molecule has 1 aromatic carbocycles. The Labute approximate surface area is 165 Å². The molecule has 2 heterocycles. The summed E-state index contributed by atoms with van der Waals surface area (Å²) in [6.07, 6.45) is -2.09. The van der Waals surface area contributed by atoms with Crippen molar-refractivity contribution >= 4 is 5.70 Å². The Morgan fingerprint density at radius 3 is 2.37 bits per heavy atom. The van der Waals surface area contributed by atoms with E-state index in [1.165, 1.54) is 30.6 Å². The number of halogens is 7. The van der Waals surface area contributed by atoms with Crippen molar-refractivity contribution < 1.29 is 35.5 Å². The van der Waals surface area contributed by atoms with E-state index in [1.807, 2.05) is 0 Å². The molecule has 1 aromatic heterocycles. The van der Waals surface area contributed by atoms with Crippen LogP contribution < -0.4 is 10.2 Å². The van der Waals surface area contributed by atoms with Crippen molar-refractivity contribution in [3.8, 4) is 11.9 Å². The zero-order chi connectivity index (χ0) is 22.2. The maximum Gasteiger partial charge on any atom is 0.458 e. The molecule has 3 rings (SSSR count). The first-order valence-corrected chi connectivity index (χ1v) is 8.33. The van der Waals surface area contributed by atoms with Crippen LogP contribution in [0.2, 0.25) is 0 Å². The number of hydrogen-bond donors (Lipinski definition) is 0. The van der Waals surface area contributed by atoms with Crippen molar-refractivity contribution in [1.29, 1.82) is 5.26 Å². The number of nitrogens with zero attached hydrogens (tertiary/aromatic N) is 3. The van der Waals surface area contributed by atoms with Crippen molar-refractivity contribution in [2.45, 2.75) is 17.7 Å². The lowest BCUT2D eigenvalue weighted by Gasteiger charge is -2.34. The molecule has 0 amide bonds. The Kier molecular flexibility index (Phi) is 5.36. The van der Waals surface area contributed by atoms with E-state index >= 15 is 0 Å². The van der Waals surface area contributed by atoms with Crippen LogP contribution in [-0.2, 0) is 5.92 Å². The fraction of sp³-hybridized carbons (Fsp3) is 0.263. The highest BCUT2D eigenvalue weighted by Crippen LogP contribution is 2.46. The summed E-state index contributed by atoms with van der Waals surface area (Å²) >= 11 is 0. The SMILES string of the molecule is N#C/N=c1/ccccn1C1=CC(CF)(CF)Oc2ccc(C(F)(F)C(F)(F)F)cc21. The summed E-state index contributed by atoms with van der Waals surface area (Å²) in [5.74, 6) is -5.48. The van der Waals surface area contributed by atoms with Crippen molar-refractivity contribution in [1.82, 2.24) is 4.57 Å². The van der Waals surface area contributed by atoms with E-state index in [4.69, 9.17) is 10.00 Å². The zero-order valence-electron chi connectivity index (χ0n) is 14.9. The van der Waals surface area contributed by atoms with E-state index in [0.717, 1.165) is 16.7 Å². The summed E-state index contributed by atoms with van der Waals surface area (Å²) in [4.78, 5) is 3.54. The second-order valence-corrected chi connectivity index (χ2v) is 6.39. The minimum atomic E-state index is -5.86. The fourth-order valence-electron chi connectivity index (χ4n) is 2.90. The molecule has 11 heteroatoms. The van der Waals surface area contributed by atoms with Crippen LogP contribution in [0.5, 0.6) is 5.75 Å². The van der Waals surface area contributed by atoms with Gasteiger partial charge < -0.3 is 9.30 Å². The Balaban J connectivity index is 2.31. The van der Waals surface area contributed by atoms with Crippen LogP contribution in [0.25, 0.3) is 5.70 Å². The first-order chi connectivity index (χ1) is 14.1. The van der Waals surface area contributed by atoms with Crippen LogP contribution in [0.1, 0.15) is 11.1 Å². The minimum absolute atomic E-state index is 0.0429. The van der Waals surface area contributed by atoms with Gasteiger partial charge in [-0.25, -0.2) is 8.78 Å². The lowest BCUT2D eigenvalue weighted by atomic mass is 9.94. The van der Waals surface area contributed by atoms with Crippen molar-refractivity contribution in [2.75, 3.05) is 13.3 Å². The second-order valence-electron chi connectivity index (χ2n) is 6.39. The molecule has 0 N–H and O–H groups in total. The van der Waals surface area contributed by atoms with Gasteiger partial charge in [0.15, 0.2) is 5.60 Å². The average Bonchev–Trinajstić information content (AvgIpc) is 2.72. The third-order valence-corrected chi connectivity index (χ3v) is 4.40. The number of hydrogen-bond acceptors (Lipinski definition) is 3. The van der Waals surface area contributed by atoms with E-state index < -0.39 is 36.6 Å². The summed E-state index contributed by atoms with van der Waals surface area (Å²) in [5.41, 5.74) is -3.99. The van der Waals surface area contributed by atoms with Gasteiger partial charge in [-0.15, -0.1) is 0 Å². The largest absolute Gasteiger partial charge is 0.477 e. The van der Waals surface area contributed by atoms with Gasteiger partial charge in [0.25, 0.3) is 0 Å². The maximum absolute atomic E-state index is 13.9. The molecule has 0 saturated heterocycles. The van der Waals surface area contributed by atoms with Crippen LogP contribution in [0.15, 0.2) is 53.7 Å². The number of pyridine rings is 1. The molecule has 30 heavy (non-hydrogen) atoms. The van der Waals surface area contributed by atoms with Gasteiger partial charge in [-0.1, -0.05) is 6.07 Å². The molecule has 0 fully saturated rings. The average molecular weight is 431 g/mol. The smallest absolute Gasteiger partial charge is 0.458 e. The number of alkyl halides is 7. The van der Waals surface area contributed by atoms with Crippen molar-refractivity contribution in [2.24, 2.45) is 4.99 Å². The van der Waals surface area contributed by atoms with Crippen molar-refractivity contribution in [3.05, 3.63) is 65.3 Å². The molecule has 0 radical (unpaired) electrons. The molecule has 0 aliphatic carbocycles. The molecule has 158 valence electrons. The number of ether oxygens (including phenoxy) is 1. The summed E-state index contributed by atoms with van der Waals surface area (Å²) in [6, 6.07) is 6.09. The predicted molar refractivity (Wildman–Crippen MR) is 90.7 cm³/mol. The van der Waals surface area contributed by atoms with Crippen LogP contribution in [-0.4, -0.2) is 29.7 Å². The van der Waals surface area contributed by atoms with Gasteiger partial charge in [0.1, 0.15) is 24.6 Å². The highest BCUT2D eigenvalue weighted by atomic mass is 19.4. The van der Waals surface area contributed by atoms with Gasteiger partial charge in [-0.3, -0.25) is 0 Å². The van der Waals surface area contributed by atoms with Crippen LogP contribution >= 0.6 is 0 Å². The maximum atomic E-state index is 13.9. The van der Waals surface area contributed by atoms with E-state index in [2.05, 4.69) is 4.99 Å². The van der Waals surface area contributed by atoms with Gasteiger partial charge >= 0.3 is 12.1 Å². The van der Waals surface area contributed by atoms with Crippen LogP contribution in [0.3, 0.4) is 0 Å². The molecular formula is C19H12F7N3O. The Hall–Kier alpha value is -3.29. The quantitative estimate of drug-likeness (QED) is 0.530. The Morgan fingerprint density at radius 1 is 1.07 bits per heavy atom. The Morgan fingerprint density at radius 2 is 1.77 bits per heavy atom.